The Bertz CT molecular complexity index is 997. The molecule has 4 rings (SSSR count). The average molecular weight is 302 g/mol. The minimum absolute atomic E-state index is 0.443. The molecule has 114 valence electrons. The zero-order chi connectivity index (χ0) is 16.0. The van der Waals surface area contributed by atoms with Crippen molar-refractivity contribution < 1.29 is 4.42 Å². The molecule has 0 saturated carbocycles. The van der Waals surface area contributed by atoms with Crippen LogP contribution in [0.4, 0.5) is 0 Å². The van der Waals surface area contributed by atoms with Crippen LogP contribution in [0.5, 0.6) is 0 Å². The summed E-state index contributed by atoms with van der Waals surface area (Å²) in [5.41, 5.74) is 5.83. The highest BCUT2D eigenvalue weighted by atomic mass is 16.3. The first kappa shape index (κ1) is 13.9. The van der Waals surface area contributed by atoms with Gasteiger partial charge in [-0.15, -0.1) is 0 Å². The Morgan fingerprint density at radius 2 is 1.83 bits per heavy atom. The highest BCUT2D eigenvalue weighted by Crippen LogP contribution is 2.35. The molecule has 0 N–H and O–H groups in total. The predicted octanol–water partition coefficient (Wildman–Crippen LogP) is 5.47. The van der Waals surface area contributed by atoms with Crippen LogP contribution in [0.1, 0.15) is 30.9 Å². The molecule has 0 aliphatic heterocycles. The van der Waals surface area contributed by atoms with Crippen molar-refractivity contribution in [2.45, 2.75) is 26.7 Å². The Hall–Kier alpha value is -2.68. The lowest BCUT2D eigenvalue weighted by Crippen LogP contribution is -1.87. The molecule has 0 atom stereocenters. The van der Waals surface area contributed by atoms with Gasteiger partial charge in [0, 0.05) is 28.7 Å². The number of fused-ring (bicyclic) bond motifs is 3. The van der Waals surface area contributed by atoms with Gasteiger partial charge in [0.25, 0.3) is 0 Å². The van der Waals surface area contributed by atoms with Crippen LogP contribution >= 0.6 is 0 Å². The molecule has 0 fully saturated rings. The number of hydrogen-bond donors (Lipinski definition) is 0. The maximum Gasteiger partial charge on any atom is 0.227 e. The lowest BCUT2D eigenvalue weighted by Gasteiger charge is -2.03. The molecule has 0 saturated heterocycles. The quantitative estimate of drug-likeness (QED) is 0.492. The van der Waals surface area contributed by atoms with Crippen molar-refractivity contribution in [3.05, 3.63) is 59.9 Å². The molecule has 3 heterocycles. The summed E-state index contributed by atoms with van der Waals surface area (Å²) in [4.78, 5) is 9.04. The van der Waals surface area contributed by atoms with Crippen LogP contribution in [0.25, 0.3) is 33.3 Å². The van der Waals surface area contributed by atoms with Crippen molar-refractivity contribution in [3.63, 3.8) is 0 Å². The van der Waals surface area contributed by atoms with E-state index >= 15 is 0 Å². The molecule has 0 amide bonds. The van der Waals surface area contributed by atoms with Gasteiger partial charge in [0.2, 0.25) is 5.71 Å². The van der Waals surface area contributed by atoms with Crippen LogP contribution in [0.3, 0.4) is 0 Å². The Kier molecular flexibility index (Phi) is 3.15. The minimum atomic E-state index is 0.443. The predicted molar refractivity (Wildman–Crippen MR) is 93.6 cm³/mol. The summed E-state index contributed by atoms with van der Waals surface area (Å²) in [5.74, 6) is 0.443. The summed E-state index contributed by atoms with van der Waals surface area (Å²) in [5, 5.41) is 2.16. The average Bonchev–Trinajstić information content (AvgIpc) is 2.93. The molecule has 0 radical (unpaired) electrons. The van der Waals surface area contributed by atoms with Gasteiger partial charge in [-0.05, 0) is 42.2 Å². The third-order valence-corrected chi connectivity index (χ3v) is 4.23. The van der Waals surface area contributed by atoms with Crippen molar-refractivity contribution in [1.82, 2.24) is 9.97 Å². The van der Waals surface area contributed by atoms with Gasteiger partial charge in [-0.3, -0.25) is 4.98 Å². The molecule has 23 heavy (non-hydrogen) atoms. The molecule has 3 aromatic heterocycles. The first-order chi connectivity index (χ1) is 11.1. The second kappa shape index (κ2) is 5.20. The van der Waals surface area contributed by atoms with Crippen LogP contribution in [-0.4, -0.2) is 9.97 Å². The van der Waals surface area contributed by atoms with Crippen molar-refractivity contribution in [2.75, 3.05) is 0 Å². The highest BCUT2D eigenvalue weighted by molar-refractivity contribution is 6.08. The Balaban J connectivity index is 2.00. The van der Waals surface area contributed by atoms with Gasteiger partial charge < -0.3 is 4.42 Å². The lowest BCUT2D eigenvalue weighted by molar-refractivity contribution is 0.654. The molecule has 0 aliphatic rings. The van der Waals surface area contributed by atoms with Crippen molar-refractivity contribution in [3.8, 4) is 11.3 Å². The van der Waals surface area contributed by atoms with Gasteiger partial charge >= 0.3 is 0 Å². The molecular formula is C20H18N2O. The highest BCUT2D eigenvalue weighted by Gasteiger charge is 2.14. The van der Waals surface area contributed by atoms with Gasteiger partial charge in [-0.25, -0.2) is 4.98 Å². The van der Waals surface area contributed by atoms with E-state index in [2.05, 4.69) is 48.1 Å². The zero-order valence-electron chi connectivity index (χ0n) is 13.5. The van der Waals surface area contributed by atoms with Crippen LogP contribution in [0, 0.1) is 6.92 Å². The Morgan fingerprint density at radius 1 is 0.957 bits per heavy atom. The minimum Gasteiger partial charge on any atom is -0.437 e. The lowest BCUT2D eigenvalue weighted by atomic mass is 10.0. The van der Waals surface area contributed by atoms with E-state index in [9.17, 15) is 0 Å². The second-order valence-electron chi connectivity index (χ2n) is 6.28. The number of aryl methyl sites for hydroxylation is 1. The molecule has 1 aromatic carbocycles. The van der Waals surface area contributed by atoms with E-state index in [-0.39, 0.29) is 0 Å². The zero-order valence-corrected chi connectivity index (χ0v) is 13.5. The fraction of sp³-hybridized carbons (Fsp3) is 0.200. The van der Waals surface area contributed by atoms with E-state index in [1.54, 1.807) is 0 Å². The number of rotatable bonds is 2. The summed E-state index contributed by atoms with van der Waals surface area (Å²) in [6, 6.07) is 12.5. The molecular weight excluding hydrogens is 284 g/mol. The van der Waals surface area contributed by atoms with Gasteiger partial charge in [-0.2, -0.15) is 0 Å². The van der Waals surface area contributed by atoms with Crippen LogP contribution < -0.4 is 0 Å². The number of pyridine rings is 2. The van der Waals surface area contributed by atoms with Crippen molar-refractivity contribution >= 4 is 22.1 Å². The maximum absolute atomic E-state index is 6.05. The summed E-state index contributed by atoms with van der Waals surface area (Å²) in [6.45, 7) is 6.38. The smallest absolute Gasteiger partial charge is 0.227 e. The second-order valence-corrected chi connectivity index (χ2v) is 6.28. The van der Waals surface area contributed by atoms with Crippen LogP contribution in [0.2, 0.25) is 0 Å². The number of nitrogens with zero attached hydrogens (tertiary/aromatic N) is 2. The number of furan rings is 1. The molecule has 0 spiro atoms. The fourth-order valence-corrected chi connectivity index (χ4v) is 2.84. The van der Waals surface area contributed by atoms with E-state index in [1.165, 1.54) is 5.56 Å². The van der Waals surface area contributed by atoms with Gasteiger partial charge in [0.1, 0.15) is 5.58 Å². The monoisotopic (exact) mass is 302 g/mol. The SMILES string of the molecule is Cc1ccc(-c2cccc3c2oc2ncc(C(C)C)cc23)nc1. The Morgan fingerprint density at radius 3 is 2.57 bits per heavy atom. The topological polar surface area (TPSA) is 38.9 Å². The van der Waals surface area contributed by atoms with E-state index in [0.29, 0.717) is 11.6 Å². The maximum atomic E-state index is 6.05. The number of aromatic nitrogens is 2. The summed E-state index contributed by atoms with van der Waals surface area (Å²) in [7, 11) is 0. The largest absolute Gasteiger partial charge is 0.437 e. The molecule has 0 bridgehead atoms. The molecule has 0 unspecified atom stereocenters. The van der Waals surface area contributed by atoms with E-state index in [4.69, 9.17) is 4.42 Å². The molecule has 3 heteroatoms. The number of benzene rings is 1. The molecule has 3 nitrogen and oxygen atoms in total. The number of hydrogen-bond acceptors (Lipinski definition) is 3. The first-order valence-corrected chi connectivity index (χ1v) is 7.87. The summed E-state index contributed by atoms with van der Waals surface area (Å²) >= 11 is 0. The number of para-hydroxylation sites is 1. The summed E-state index contributed by atoms with van der Waals surface area (Å²) in [6.07, 6.45) is 3.78. The summed E-state index contributed by atoms with van der Waals surface area (Å²) < 4.78 is 6.05. The van der Waals surface area contributed by atoms with Crippen molar-refractivity contribution in [2.24, 2.45) is 0 Å². The normalized spacial score (nSPS) is 11.7. The fourth-order valence-electron chi connectivity index (χ4n) is 2.84. The van der Waals surface area contributed by atoms with Crippen LogP contribution in [-0.2, 0) is 0 Å². The molecule has 4 aromatic rings. The molecule has 0 aliphatic carbocycles. The van der Waals surface area contributed by atoms with Crippen molar-refractivity contribution in [1.29, 1.82) is 0 Å². The van der Waals surface area contributed by atoms with E-state index in [0.717, 1.165) is 33.2 Å². The van der Waals surface area contributed by atoms with Gasteiger partial charge in [-0.1, -0.05) is 32.0 Å². The third-order valence-electron chi connectivity index (χ3n) is 4.23. The first-order valence-electron chi connectivity index (χ1n) is 7.87. The van der Waals surface area contributed by atoms with Gasteiger partial charge in [0.15, 0.2) is 0 Å². The van der Waals surface area contributed by atoms with E-state index in [1.807, 2.05) is 31.5 Å². The Labute approximate surface area is 135 Å². The standard InChI is InChI=1S/C20H18N2O/c1-12(2)14-9-17-15-5-4-6-16(18-8-7-13(3)10-21-18)19(15)23-20(17)22-11-14/h4-12H,1-3H3. The third kappa shape index (κ3) is 2.29. The van der Waals surface area contributed by atoms with Gasteiger partial charge in [0.05, 0.1) is 5.69 Å². The van der Waals surface area contributed by atoms with E-state index < -0.39 is 0 Å². The van der Waals surface area contributed by atoms with Crippen LogP contribution in [0.15, 0.2) is 53.2 Å².